The number of benzene rings is 3. The summed E-state index contributed by atoms with van der Waals surface area (Å²) in [6.45, 7) is 5.26. The fourth-order valence-corrected chi connectivity index (χ4v) is 4.02. The number of hydrogen-bond donors (Lipinski definition) is 0. The zero-order chi connectivity index (χ0) is 18.0. The van der Waals surface area contributed by atoms with E-state index in [2.05, 4.69) is 72.8 Å². The van der Waals surface area contributed by atoms with Crippen LogP contribution in [0.15, 0.2) is 66.7 Å². The summed E-state index contributed by atoms with van der Waals surface area (Å²) >= 11 is 0. The molecule has 0 N–H and O–H groups in total. The third-order valence-electron chi connectivity index (χ3n) is 5.02. The lowest BCUT2D eigenvalue weighted by molar-refractivity contribution is -0.187. The van der Waals surface area contributed by atoms with Gasteiger partial charge in [-0.15, -0.1) is 0 Å². The summed E-state index contributed by atoms with van der Waals surface area (Å²) in [5.74, 6) is -0.748. The van der Waals surface area contributed by atoms with Crippen molar-refractivity contribution in [2.24, 2.45) is 0 Å². The molecule has 1 aliphatic rings. The molecule has 0 amide bonds. The van der Waals surface area contributed by atoms with Gasteiger partial charge in [-0.3, -0.25) is 0 Å². The lowest BCUT2D eigenvalue weighted by Crippen LogP contribution is -2.47. The smallest absolute Gasteiger partial charge is 0.199 e. The van der Waals surface area contributed by atoms with Crippen molar-refractivity contribution in [2.45, 2.75) is 26.1 Å². The second-order valence-corrected chi connectivity index (χ2v) is 6.52. The molecule has 1 aliphatic carbocycles. The Morgan fingerprint density at radius 1 is 0.808 bits per heavy atom. The van der Waals surface area contributed by atoms with Crippen LogP contribution in [-0.4, -0.2) is 19.0 Å². The van der Waals surface area contributed by atoms with Crippen molar-refractivity contribution in [1.29, 1.82) is 0 Å². The maximum atomic E-state index is 6.29. The standard InChI is InChI=1S/C24H24O2/c1-3-25-24(26-4-2)17-16-19-11-6-8-14-21(19)23(24)22-15-9-12-18-10-5-7-13-20(18)22/h5-16H,3-4,17H2,1-2H3. The van der Waals surface area contributed by atoms with Gasteiger partial charge in [0.05, 0.1) is 0 Å². The molecule has 3 aromatic carbocycles. The van der Waals surface area contributed by atoms with Crippen molar-refractivity contribution >= 4 is 22.4 Å². The average molecular weight is 344 g/mol. The van der Waals surface area contributed by atoms with Gasteiger partial charge in [-0.2, -0.15) is 0 Å². The van der Waals surface area contributed by atoms with Gasteiger partial charge in [0.15, 0.2) is 5.79 Å². The summed E-state index contributed by atoms with van der Waals surface area (Å²) in [4.78, 5) is 0. The first-order chi connectivity index (χ1) is 12.8. The first-order valence-electron chi connectivity index (χ1n) is 9.35. The third-order valence-corrected chi connectivity index (χ3v) is 5.02. The highest BCUT2D eigenvalue weighted by molar-refractivity contribution is 5.95. The Morgan fingerprint density at radius 2 is 1.50 bits per heavy atom. The summed E-state index contributed by atoms with van der Waals surface area (Å²) in [7, 11) is 0. The molecule has 0 spiro atoms. The van der Waals surface area contributed by atoms with Gasteiger partial charge >= 0.3 is 0 Å². The van der Waals surface area contributed by atoms with Crippen LogP contribution in [0.1, 0.15) is 25.8 Å². The van der Waals surface area contributed by atoms with E-state index in [1.807, 2.05) is 13.8 Å². The predicted molar refractivity (Wildman–Crippen MR) is 107 cm³/mol. The summed E-state index contributed by atoms with van der Waals surface area (Å²) in [5.41, 5.74) is 2.32. The Bertz CT molecular complexity index is 1040. The Kier molecular flexibility index (Phi) is 4.62. The van der Waals surface area contributed by atoms with Gasteiger partial charge in [0.1, 0.15) is 0 Å². The first-order valence-corrected chi connectivity index (χ1v) is 9.35. The summed E-state index contributed by atoms with van der Waals surface area (Å²) < 4.78 is 12.6. The molecule has 0 saturated heterocycles. The minimum atomic E-state index is -0.748. The molecule has 4 rings (SSSR count). The highest BCUT2D eigenvalue weighted by Gasteiger charge is 2.38. The molecule has 0 radical (unpaired) electrons. The summed E-state index contributed by atoms with van der Waals surface area (Å²) in [6, 6.07) is 23.5. The molecule has 0 aromatic heterocycles. The van der Waals surface area contributed by atoms with Gasteiger partial charge in [-0.1, -0.05) is 72.8 Å². The Labute approximate surface area is 154 Å². The minimum absolute atomic E-state index is 0.601. The van der Waals surface area contributed by atoms with Crippen molar-refractivity contribution in [3.8, 4) is 0 Å². The van der Waals surface area contributed by atoms with Crippen LogP contribution < -0.4 is 10.4 Å². The molecule has 3 aromatic rings. The molecular formula is C24H24O2. The molecule has 0 unspecified atom stereocenters. The quantitative estimate of drug-likeness (QED) is 0.652. The van der Waals surface area contributed by atoms with Crippen LogP contribution in [0.5, 0.6) is 0 Å². The molecule has 0 bridgehead atoms. The zero-order valence-electron chi connectivity index (χ0n) is 15.4. The predicted octanol–water partition coefficient (Wildman–Crippen LogP) is 3.99. The Morgan fingerprint density at radius 3 is 2.31 bits per heavy atom. The fraction of sp³-hybridized carbons (Fsp3) is 0.250. The van der Waals surface area contributed by atoms with Crippen LogP contribution in [0.4, 0.5) is 0 Å². The van der Waals surface area contributed by atoms with Gasteiger partial charge in [0, 0.05) is 25.2 Å². The van der Waals surface area contributed by atoms with Crippen LogP contribution in [0.25, 0.3) is 22.4 Å². The fourth-order valence-electron chi connectivity index (χ4n) is 4.02. The van der Waals surface area contributed by atoms with Crippen molar-refractivity contribution in [3.63, 3.8) is 0 Å². The van der Waals surface area contributed by atoms with Crippen LogP contribution in [0.3, 0.4) is 0 Å². The highest BCUT2D eigenvalue weighted by atomic mass is 16.7. The van der Waals surface area contributed by atoms with E-state index in [1.54, 1.807) is 0 Å². The van der Waals surface area contributed by atoms with E-state index in [4.69, 9.17) is 9.47 Å². The molecule has 2 nitrogen and oxygen atoms in total. The lowest BCUT2D eigenvalue weighted by Gasteiger charge is -2.37. The number of rotatable bonds is 5. The third kappa shape index (κ3) is 2.76. The van der Waals surface area contributed by atoms with Crippen molar-refractivity contribution in [3.05, 3.63) is 82.7 Å². The molecule has 0 fully saturated rings. The largest absolute Gasteiger partial charge is 0.346 e. The van der Waals surface area contributed by atoms with E-state index in [0.717, 1.165) is 5.57 Å². The highest BCUT2D eigenvalue weighted by Crippen LogP contribution is 2.37. The number of ether oxygens (including phenoxy) is 2. The SMILES string of the molecule is CCOC1(OCC)CC=c2ccccc2=C1c1cccc2ccccc12. The number of fused-ring (bicyclic) bond motifs is 2. The summed E-state index contributed by atoms with van der Waals surface area (Å²) in [5, 5.41) is 4.89. The molecule has 0 heterocycles. The van der Waals surface area contributed by atoms with Gasteiger partial charge in [0.25, 0.3) is 0 Å². The van der Waals surface area contributed by atoms with Crippen molar-refractivity contribution in [1.82, 2.24) is 0 Å². The maximum Gasteiger partial charge on any atom is 0.199 e. The van der Waals surface area contributed by atoms with Crippen LogP contribution >= 0.6 is 0 Å². The average Bonchev–Trinajstić information content (AvgIpc) is 2.68. The zero-order valence-corrected chi connectivity index (χ0v) is 15.4. The normalized spacial score (nSPS) is 15.5. The topological polar surface area (TPSA) is 18.5 Å². The van der Waals surface area contributed by atoms with E-state index >= 15 is 0 Å². The van der Waals surface area contributed by atoms with Gasteiger partial charge in [-0.05, 0) is 40.6 Å². The maximum absolute atomic E-state index is 6.29. The Balaban J connectivity index is 2.12. The molecule has 26 heavy (non-hydrogen) atoms. The first kappa shape index (κ1) is 17.0. The van der Waals surface area contributed by atoms with Gasteiger partial charge in [0.2, 0.25) is 0 Å². The molecule has 2 heteroatoms. The Hall–Kier alpha value is -2.42. The van der Waals surface area contributed by atoms with Crippen molar-refractivity contribution < 1.29 is 9.47 Å². The minimum Gasteiger partial charge on any atom is -0.346 e. The molecular weight excluding hydrogens is 320 g/mol. The van der Waals surface area contributed by atoms with E-state index in [0.29, 0.717) is 19.6 Å². The summed E-state index contributed by atoms with van der Waals surface area (Å²) in [6.07, 6.45) is 2.94. The van der Waals surface area contributed by atoms with Crippen LogP contribution in [0, 0.1) is 0 Å². The van der Waals surface area contributed by atoms with Crippen molar-refractivity contribution in [2.75, 3.05) is 13.2 Å². The lowest BCUT2D eigenvalue weighted by atomic mass is 9.85. The van der Waals surface area contributed by atoms with Crippen LogP contribution in [0.2, 0.25) is 0 Å². The second kappa shape index (κ2) is 7.06. The molecule has 0 atom stereocenters. The number of hydrogen-bond acceptors (Lipinski definition) is 2. The molecule has 0 aliphatic heterocycles. The van der Waals surface area contributed by atoms with E-state index in [9.17, 15) is 0 Å². The second-order valence-electron chi connectivity index (χ2n) is 6.52. The van der Waals surface area contributed by atoms with E-state index in [1.165, 1.54) is 26.8 Å². The monoisotopic (exact) mass is 344 g/mol. The van der Waals surface area contributed by atoms with Gasteiger partial charge < -0.3 is 9.47 Å². The van der Waals surface area contributed by atoms with E-state index in [-0.39, 0.29) is 0 Å². The van der Waals surface area contributed by atoms with E-state index < -0.39 is 5.79 Å². The van der Waals surface area contributed by atoms with Crippen LogP contribution in [-0.2, 0) is 9.47 Å². The van der Waals surface area contributed by atoms with Gasteiger partial charge in [-0.25, -0.2) is 0 Å². The molecule has 0 saturated carbocycles. The molecule has 132 valence electrons.